The molecule has 1 fully saturated rings. The highest BCUT2D eigenvalue weighted by molar-refractivity contribution is 14.1. The number of hydrogen-bond donors (Lipinski definition) is 1. The second kappa shape index (κ2) is 3.77. The van der Waals surface area contributed by atoms with E-state index in [1.807, 2.05) is 6.92 Å². The quantitative estimate of drug-likeness (QED) is 0.370. The zero-order chi connectivity index (χ0) is 10.1. The molecule has 0 spiro atoms. The van der Waals surface area contributed by atoms with Crippen molar-refractivity contribution in [3.63, 3.8) is 0 Å². The van der Waals surface area contributed by atoms with Crippen LogP contribution in [0, 0.1) is 5.92 Å². The van der Waals surface area contributed by atoms with Crippen molar-refractivity contribution in [3.05, 3.63) is 12.7 Å². The number of amides is 2. The smallest absolute Gasteiger partial charge is 0.231 e. The zero-order valence-electron chi connectivity index (χ0n) is 7.47. The van der Waals surface area contributed by atoms with Crippen LogP contribution in [0.25, 0.3) is 0 Å². The minimum atomic E-state index is -0.284. The topological polar surface area (TPSA) is 46.2 Å². The minimum Gasteiger partial charge on any atom is -0.296 e. The van der Waals surface area contributed by atoms with E-state index in [0.717, 1.165) is 6.42 Å². The lowest BCUT2D eigenvalue weighted by atomic mass is 9.89. The molecule has 1 N–H and O–H groups in total. The van der Waals surface area contributed by atoms with Gasteiger partial charge in [-0.1, -0.05) is 35.6 Å². The maximum atomic E-state index is 11.4. The standard InChI is InChI=1S/C9H12INO2/c1-3-9(10,4-2)6-5-7(12)11-8(6)13/h3,6H,1,4-5H2,2H3,(H,11,12,13). The fourth-order valence-electron chi connectivity index (χ4n) is 1.47. The van der Waals surface area contributed by atoms with Gasteiger partial charge in [0.05, 0.1) is 9.34 Å². The van der Waals surface area contributed by atoms with Gasteiger partial charge in [0.2, 0.25) is 11.8 Å². The minimum absolute atomic E-state index is 0.166. The molecule has 0 aromatic carbocycles. The Morgan fingerprint density at radius 1 is 1.77 bits per heavy atom. The molecule has 1 heterocycles. The molecule has 72 valence electrons. The molecule has 1 saturated heterocycles. The van der Waals surface area contributed by atoms with E-state index < -0.39 is 0 Å². The highest BCUT2D eigenvalue weighted by atomic mass is 127. The van der Waals surface area contributed by atoms with Crippen molar-refractivity contribution in [1.29, 1.82) is 0 Å². The van der Waals surface area contributed by atoms with Crippen LogP contribution in [0.5, 0.6) is 0 Å². The van der Waals surface area contributed by atoms with E-state index in [0.29, 0.717) is 6.42 Å². The van der Waals surface area contributed by atoms with Crippen molar-refractivity contribution in [1.82, 2.24) is 5.32 Å². The molecule has 13 heavy (non-hydrogen) atoms. The number of nitrogens with one attached hydrogen (secondary N) is 1. The SMILES string of the molecule is C=CC(I)(CC)C1CC(=O)NC1=O. The van der Waals surface area contributed by atoms with Crippen molar-refractivity contribution in [2.45, 2.75) is 23.2 Å². The van der Waals surface area contributed by atoms with Crippen molar-refractivity contribution in [3.8, 4) is 0 Å². The maximum absolute atomic E-state index is 11.4. The van der Waals surface area contributed by atoms with Gasteiger partial charge < -0.3 is 0 Å². The molecule has 0 bridgehead atoms. The lowest BCUT2D eigenvalue weighted by Crippen LogP contribution is -2.34. The largest absolute Gasteiger partial charge is 0.296 e. The van der Waals surface area contributed by atoms with Gasteiger partial charge in [0.1, 0.15) is 0 Å². The molecule has 1 aliphatic heterocycles. The second-order valence-corrected chi connectivity index (χ2v) is 5.16. The normalized spacial score (nSPS) is 26.8. The summed E-state index contributed by atoms with van der Waals surface area (Å²) in [6.07, 6.45) is 2.86. The van der Waals surface area contributed by atoms with Gasteiger partial charge >= 0.3 is 0 Å². The van der Waals surface area contributed by atoms with Gasteiger partial charge in [0.25, 0.3) is 0 Å². The summed E-state index contributed by atoms with van der Waals surface area (Å²) in [4.78, 5) is 22.3. The van der Waals surface area contributed by atoms with E-state index >= 15 is 0 Å². The highest BCUT2D eigenvalue weighted by Crippen LogP contribution is 2.37. The molecule has 0 radical (unpaired) electrons. The van der Waals surface area contributed by atoms with Gasteiger partial charge in [-0.25, -0.2) is 0 Å². The van der Waals surface area contributed by atoms with Gasteiger partial charge in [-0.2, -0.15) is 0 Å². The Bertz CT molecular complexity index is 264. The van der Waals surface area contributed by atoms with Crippen LogP contribution in [-0.2, 0) is 9.59 Å². The first kappa shape index (κ1) is 10.7. The number of carbonyl (C=O) groups is 2. The van der Waals surface area contributed by atoms with Crippen LogP contribution in [0.1, 0.15) is 19.8 Å². The van der Waals surface area contributed by atoms with E-state index in [-0.39, 0.29) is 21.2 Å². The van der Waals surface area contributed by atoms with Crippen LogP contribution in [0.2, 0.25) is 0 Å². The van der Waals surface area contributed by atoms with E-state index in [4.69, 9.17) is 0 Å². The van der Waals surface area contributed by atoms with Crippen LogP contribution in [-0.4, -0.2) is 15.2 Å². The summed E-state index contributed by atoms with van der Waals surface area (Å²) in [7, 11) is 0. The number of hydrogen-bond acceptors (Lipinski definition) is 2. The Morgan fingerprint density at radius 2 is 2.38 bits per heavy atom. The third kappa shape index (κ3) is 1.92. The third-order valence-electron chi connectivity index (χ3n) is 2.43. The Labute approximate surface area is 91.1 Å². The summed E-state index contributed by atoms with van der Waals surface area (Å²) < 4.78 is -0.284. The molecule has 4 heteroatoms. The van der Waals surface area contributed by atoms with E-state index in [1.54, 1.807) is 6.08 Å². The molecule has 0 aromatic heterocycles. The van der Waals surface area contributed by atoms with Gasteiger partial charge in [0, 0.05) is 6.42 Å². The summed E-state index contributed by atoms with van der Waals surface area (Å²) in [6, 6.07) is 0. The van der Waals surface area contributed by atoms with Gasteiger partial charge in [0.15, 0.2) is 0 Å². The van der Waals surface area contributed by atoms with Crippen molar-refractivity contribution < 1.29 is 9.59 Å². The summed E-state index contributed by atoms with van der Waals surface area (Å²) >= 11 is 2.20. The number of alkyl halides is 1. The summed E-state index contributed by atoms with van der Waals surface area (Å²) in [5.41, 5.74) is 0. The Morgan fingerprint density at radius 3 is 2.69 bits per heavy atom. The van der Waals surface area contributed by atoms with Gasteiger partial charge in [-0.3, -0.25) is 14.9 Å². The molecule has 0 aromatic rings. The predicted molar refractivity (Wildman–Crippen MR) is 58.5 cm³/mol. The molecular formula is C9H12INO2. The zero-order valence-corrected chi connectivity index (χ0v) is 9.63. The van der Waals surface area contributed by atoms with Crippen molar-refractivity contribution in [2.24, 2.45) is 5.92 Å². The van der Waals surface area contributed by atoms with Crippen LogP contribution in [0.15, 0.2) is 12.7 Å². The number of halogens is 1. The first-order valence-electron chi connectivity index (χ1n) is 4.19. The maximum Gasteiger partial charge on any atom is 0.231 e. The molecule has 1 aliphatic rings. The Kier molecular flexibility index (Phi) is 3.10. The fourth-order valence-corrected chi connectivity index (χ4v) is 1.98. The molecule has 0 aliphatic carbocycles. The van der Waals surface area contributed by atoms with Crippen molar-refractivity contribution >= 4 is 34.4 Å². The van der Waals surface area contributed by atoms with Crippen LogP contribution in [0.4, 0.5) is 0 Å². The first-order valence-corrected chi connectivity index (χ1v) is 5.27. The van der Waals surface area contributed by atoms with Crippen LogP contribution in [0.3, 0.4) is 0 Å². The molecule has 0 saturated carbocycles. The molecule has 2 amide bonds. The molecule has 1 rings (SSSR count). The predicted octanol–water partition coefficient (Wildman–Crippen LogP) is 1.42. The number of rotatable bonds is 3. The summed E-state index contributed by atoms with van der Waals surface area (Å²) in [5.74, 6) is -0.587. The number of allylic oxidation sites excluding steroid dienone is 1. The average Bonchev–Trinajstić information content (AvgIpc) is 2.44. The average molecular weight is 293 g/mol. The monoisotopic (exact) mass is 293 g/mol. The van der Waals surface area contributed by atoms with Gasteiger partial charge in [-0.15, -0.1) is 6.58 Å². The number of imide groups is 1. The first-order chi connectivity index (χ1) is 6.03. The summed E-state index contributed by atoms with van der Waals surface area (Å²) in [6.45, 7) is 5.70. The second-order valence-electron chi connectivity index (χ2n) is 3.15. The molecular weight excluding hydrogens is 281 g/mol. The van der Waals surface area contributed by atoms with Gasteiger partial charge in [-0.05, 0) is 6.42 Å². The van der Waals surface area contributed by atoms with E-state index in [2.05, 4.69) is 34.5 Å². The van der Waals surface area contributed by atoms with E-state index in [9.17, 15) is 9.59 Å². The third-order valence-corrected chi connectivity index (χ3v) is 4.38. The van der Waals surface area contributed by atoms with Crippen LogP contribution < -0.4 is 5.32 Å². The molecule has 2 unspecified atom stereocenters. The number of carbonyl (C=O) groups excluding carboxylic acids is 2. The highest BCUT2D eigenvalue weighted by Gasteiger charge is 2.43. The Hall–Kier alpha value is -0.390. The molecule has 3 nitrogen and oxygen atoms in total. The lowest BCUT2D eigenvalue weighted by molar-refractivity contribution is -0.125. The van der Waals surface area contributed by atoms with E-state index in [1.165, 1.54) is 0 Å². The lowest BCUT2D eigenvalue weighted by Gasteiger charge is -2.26. The van der Waals surface area contributed by atoms with Crippen molar-refractivity contribution in [2.75, 3.05) is 0 Å². The Balaban J connectivity index is 2.87. The van der Waals surface area contributed by atoms with Crippen LogP contribution >= 0.6 is 22.6 Å². The molecule has 2 atom stereocenters. The fraction of sp³-hybridized carbons (Fsp3) is 0.556. The summed E-state index contributed by atoms with van der Waals surface area (Å²) in [5, 5.41) is 2.31.